The number of nitrogens with one attached hydrogen (secondary N) is 1. The number of fused-ring (bicyclic) bond motifs is 1. The van der Waals surface area contributed by atoms with Crippen LogP contribution in [0.5, 0.6) is 0 Å². The second-order valence-electron chi connectivity index (χ2n) is 3.95. The normalized spacial score (nSPS) is 10.8. The number of amides is 1. The van der Waals surface area contributed by atoms with E-state index in [4.69, 9.17) is 0 Å². The predicted octanol–water partition coefficient (Wildman–Crippen LogP) is 2.37. The molecule has 17 heavy (non-hydrogen) atoms. The molecular formula is C12H15N3OS. The van der Waals surface area contributed by atoms with Crippen molar-refractivity contribution in [1.29, 1.82) is 0 Å². The lowest BCUT2D eigenvalue weighted by Crippen LogP contribution is -2.22. The Morgan fingerprint density at radius 1 is 1.29 bits per heavy atom. The van der Waals surface area contributed by atoms with E-state index in [0.717, 1.165) is 32.2 Å². The highest BCUT2D eigenvalue weighted by Gasteiger charge is 2.17. The fourth-order valence-corrected chi connectivity index (χ4v) is 3.13. The Kier molecular flexibility index (Phi) is 3.11. The van der Waals surface area contributed by atoms with E-state index in [0.29, 0.717) is 6.54 Å². The first-order chi connectivity index (χ1) is 8.04. The topological polar surface area (TPSA) is 54.9 Å². The average Bonchev–Trinajstić information content (AvgIpc) is 2.56. The van der Waals surface area contributed by atoms with Gasteiger partial charge in [0.2, 0.25) is 0 Å². The van der Waals surface area contributed by atoms with Gasteiger partial charge >= 0.3 is 0 Å². The molecule has 0 aliphatic carbocycles. The van der Waals surface area contributed by atoms with Crippen LogP contribution in [0.3, 0.4) is 0 Å². The molecule has 2 aromatic rings. The Balaban J connectivity index is 2.64. The highest BCUT2D eigenvalue weighted by molar-refractivity contribution is 7.20. The summed E-state index contributed by atoms with van der Waals surface area (Å²) < 4.78 is 0. The third-order valence-corrected chi connectivity index (χ3v) is 3.81. The van der Waals surface area contributed by atoms with Crippen molar-refractivity contribution >= 4 is 27.5 Å². The summed E-state index contributed by atoms with van der Waals surface area (Å²) in [4.78, 5) is 22.3. The van der Waals surface area contributed by atoms with Crippen LogP contribution >= 0.6 is 11.3 Å². The quantitative estimate of drug-likeness (QED) is 0.889. The number of aromatic nitrogens is 2. The van der Waals surface area contributed by atoms with Gasteiger partial charge in [-0.25, -0.2) is 9.97 Å². The van der Waals surface area contributed by atoms with Crippen molar-refractivity contribution < 1.29 is 4.79 Å². The van der Waals surface area contributed by atoms with E-state index >= 15 is 0 Å². The van der Waals surface area contributed by atoms with E-state index in [-0.39, 0.29) is 5.91 Å². The average molecular weight is 249 g/mol. The second kappa shape index (κ2) is 4.41. The van der Waals surface area contributed by atoms with Crippen molar-refractivity contribution in [2.24, 2.45) is 0 Å². The Hall–Kier alpha value is -1.49. The molecular weight excluding hydrogens is 234 g/mol. The summed E-state index contributed by atoms with van der Waals surface area (Å²) >= 11 is 1.44. The van der Waals surface area contributed by atoms with Crippen molar-refractivity contribution in [2.45, 2.75) is 27.7 Å². The summed E-state index contributed by atoms with van der Waals surface area (Å²) in [5.74, 6) is 0.726. The van der Waals surface area contributed by atoms with Crippen LogP contribution in [0, 0.1) is 20.8 Å². The molecule has 2 heterocycles. The molecule has 2 aromatic heterocycles. The van der Waals surface area contributed by atoms with Crippen molar-refractivity contribution in [3.8, 4) is 0 Å². The minimum absolute atomic E-state index is 0.0231. The molecule has 0 aromatic carbocycles. The molecule has 0 aliphatic rings. The monoisotopic (exact) mass is 249 g/mol. The lowest BCUT2D eigenvalue weighted by atomic mass is 10.1. The van der Waals surface area contributed by atoms with E-state index in [2.05, 4.69) is 15.3 Å². The first-order valence-corrected chi connectivity index (χ1v) is 6.38. The van der Waals surface area contributed by atoms with Crippen molar-refractivity contribution in [3.05, 3.63) is 22.0 Å². The van der Waals surface area contributed by atoms with Gasteiger partial charge in [-0.1, -0.05) is 0 Å². The third-order valence-electron chi connectivity index (χ3n) is 2.63. The van der Waals surface area contributed by atoms with E-state index < -0.39 is 0 Å². The van der Waals surface area contributed by atoms with E-state index in [9.17, 15) is 4.79 Å². The maximum atomic E-state index is 11.9. The van der Waals surface area contributed by atoms with Gasteiger partial charge in [-0.3, -0.25) is 4.79 Å². The molecule has 0 fully saturated rings. The Bertz CT molecular complexity index is 589. The molecule has 0 bridgehead atoms. The minimum atomic E-state index is -0.0231. The van der Waals surface area contributed by atoms with Gasteiger partial charge in [-0.15, -0.1) is 11.3 Å². The SMILES string of the molecule is CCNC(=O)c1sc2nc(C)nc(C)c2c1C. The molecule has 0 saturated heterocycles. The van der Waals surface area contributed by atoms with E-state index in [1.807, 2.05) is 27.7 Å². The van der Waals surface area contributed by atoms with Gasteiger partial charge in [0, 0.05) is 17.6 Å². The van der Waals surface area contributed by atoms with Crippen LogP contribution in [0.25, 0.3) is 10.2 Å². The number of carbonyl (C=O) groups is 1. The lowest BCUT2D eigenvalue weighted by Gasteiger charge is -2.00. The number of carbonyl (C=O) groups excluding carboxylic acids is 1. The van der Waals surface area contributed by atoms with Crippen LogP contribution in [0.2, 0.25) is 0 Å². The summed E-state index contributed by atoms with van der Waals surface area (Å²) in [7, 11) is 0. The zero-order valence-corrected chi connectivity index (χ0v) is 11.2. The second-order valence-corrected chi connectivity index (χ2v) is 4.95. The number of hydrogen-bond acceptors (Lipinski definition) is 4. The number of thiophene rings is 1. The summed E-state index contributed by atoms with van der Waals surface area (Å²) in [6, 6.07) is 0. The van der Waals surface area contributed by atoms with Gasteiger partial charge in [-0.05, 0) is 33.3 Å². The molecule has 0 radical (unpaired) electrons. The Labute approximate surface area is 104 Å². The van der Waals surface area contributed by atoms with Gasteiger partial charge < -0.3 is 5.32 Å². The highest BCUT2D eigenvalue weighted by Crippen LogP contribution is 2.30. The maximum absolute atomic E-state index is 11.9. The fraction of sp³-hybridized carbons (Fsp3) is 0.417. The molecule has 4 nitrogen and oxygen atoms in total. The van der Waals surface area contributed by atoms with Gasteiger partial charge in [0.25, 0.3) is 5.91 Å². The summed E-state index contributed by atoms with van der Waals surface area (Å²) in [5.41, 5.74) is 1.92. The maximum Gasteiger partial charge on any atom is 0.261 e. The van der Waals surface area contributed by atoms with Crippen LogP contribution in [0.15, 0.2) is 0 Å². The molecule has 0 atom stereocenters. The Morgan fingerprint density at radius 2 is 2.00 bits per heavy atom. The van der Waals surface area contributed by atoms with Crippen LogP contribution in [0.1, 0.15) is 33.7 Å². The largest absolute Gasteiger partial charge is 0.352 e. The van der Waals surface area contributed by atoms with E-state index in [1.165, 1.54) is 11.3 Å². The summed E-state index contributed by atoms with van der Waals surface area (Å²) in [6.45, 7) is 8.33. The molecule has 1 N–H and O–H groups in total. The number of nitrogens with zero attached hydrogens (tertiary/aromatic N) is 2. The van der Waals surface area contributed by atoms with Crippen molar-refractivity contribution in [2.75, 3.05) is 6.54 Å². The molecule has 0 unspecified atom stereocenters. The van der Waals surface area contributed by atoms with Crippen molar-refractivity contribution in [3.63, 3.8) is 0 Å². The predicted molar refractivity (Wildman–Crippen MR) is 69.6 cm³/mol. The first kappa shape index (κ1) is 12.0. The number of rotatable bonds is 2. The first-order valence-electron chi connectivity index (χ1n) is 5.57. The number of hydrogen-bond donors (Lipinski definition) is 1. The molecule has 0 saturated carbocycles. The summed E-state index contributed by atoms with van der Waals surface area (Å²) in [6.07, 6.45) is 0. The summed E-state index contributed by atoms with van der Waals surface area (Å²) in [5, 5.41) is 3.84. The zero-order valence-electron chi connectivity index (χ0n) is 10.4. The van der Waals surface area contributed by atoms with Crippen molar-refractivity contribution in [1.82, 2.24) is 15.3 Å². The molecule has 2 rings (SSSR count). The van der Waals surface area contributed by atoms with Crippen LogP contribution in [-0.2, 0) is 0 Å². The molecule has 1 amide bonds. The highest BCUT2D eigenvalue weighted by atomic mass is 32.1. The zero-order chi connectivity index (χ0) is 12.6. The van der Waals surface area contributed by atoms with Crippen LogP contribution < -0.4 is 5.32 Å². The van der Waals surface area contributed by atoms with Gasteiger partial charge in [-0.2, -0.15) is 0 Å². The van der Waals surface area contributed by atoms with Gasteiger partial charge in [0.05, 0.1) is 4.88 Å². The molecule has 0 aliphatic heterocycles. The molecule has 5 heteroatoms. The minimum Gasteiger partial charge on any atom is -0.352 e. The van der Waals surface area contributed by atoms with Crippen LogP contribution in [-0.4, -0.2) is 22.4 Å². The van der Waals surface area contributed by atoms with Crippen LogP contribution in [0.4, 0.5) is 0 Å². The van der Waals surface area contributed by atoms with E-state index in [1.54, 1.807) is 0 Å². The van der Waals surface area contributed by atoms with Gasteiger partial charge in [0.1, 0.15) is 10.7 Å². The molecule has 0 spiro atoms. The standard InChI is InChI=1S/C12H15N3OS/c1-5-13-11(16)10-6(2)9-7(3)14-8(4)15-12(9)17-10/h5H2,1-4H3,(H,13,16). The Morgan fingerprint density at radius 3 is 2.65 bits per heavy atom. The fourth-order valence-electron chi connectivity index (χ4n) is 1.93. The third kappa shape index (κ3) is 2.02. The lowest BCUT2D eigenvalue weighted by molar-refractivity contribution is 0.0959. The molecule has 90 valence electrons. The smallest absolute Gasteiger partial charge is 0.261 e. The van der Waals surface area contributed by atoms with Gasteiger partial charge in [0.15, 0.2) is 0 Å². The number of aryl methyl sites for hydroxylation is 3.